The van der Waals surface area contributed by atoms with Crippen LogP contribution in [0.3, 0.4) is 0 Å². The first-order valence-corrected chi connectivity index (χ1v) is 7.91. The number of carbonyl (C=O) groups excluding carboxylic acids is 1. The SMILES string of the molecule is CCC1CCCCN1CC(=O)Nc1cc(C(C)(C)C)no1. The van der Waals surface area contributed by atoms with Crippen LogP contribution in [0, 0.1) is 0 Å². The number of hydrogen-bond acceptors (Lipinski definition) is 4. The van der Waals surface area contributed by atoms with E-state index in [1.807, 2.05) is 6.07 Å². The summed E-state index contributed by atoms with van der Waals surface area (Å²) in [5, 5.41) is 6.83. The van der Waals surface area contributed by atoms with E-state index in [-0.39, 0.29) is 11.3 Å². The minimum atomic E-state index is -0.0767. The van der Waals surface area contributed by atoms with E-state index in [0.717, 1.165) is 18.7 Å². The first-order chi connectivity index (χ1) is 9.90. The summed E-state index contributed by atoms with van der Waals surface area (Å²) in [5.41, 5.74) is 0.773. The molecule has 1 aromatic heterocycles. The summed E-state index contributed by atoms with van der Waals surface area (Å²) in [4.78, 5) is 14.4. The molecule has 0 bridgehead atoms. The van der Waals surface area contributed by atoms with Crippen molar-refractivity contribution < 1.29 is 9.32 Å². The van der Waals surface area contributed by atoms with Crippen molar-refractivity contribution in [1.29, 1.82) is 0 Å². The first-order valence-electron chi connectivity index (χ1n) is 7.91. The van der Waals surface area contributed by atoms with E-state index in [0.29, 0.717) is 18.5 Å². The number of carbonyl (C=O) groups is 1. The van der Waals surface area contributed by atoms with Crippen molar-refractivity contribution in [3.8, 4) is 0 Å². The molecule has 1 unspecified atom stereocenters. The van der Waals surface area contributed by atoms with Crippen molar-refractivity contribution in [3.05, 3.63) is 11.8 Å². The van der Waals surface area contributed by atoms with Crippen LogP contribution in [0.4, 0.5) is 5.88 Å². The molecule has 2 heterocycles. The van der Waals surface area contributed by atoms with E-state index in [1.54, 1.807) is 0 Å². The second-order valence-electron chi connectivity index (χ2n) is 6.90. The zero-order valence-corrected chi connectivity index (χ0v) is 13.6. The zero-order chi connectivity index (χ0) is 15.5. The third-order valence-electron chi connectivity index (χ3n) is 4.11. The smallest absolute Gasteiger partial charge is 0.240 e. The lowest BCUT2D eigenvalue weighted by molar-refractivity contribution is -0.118. The molecule has 5 heteroatoms. The van der Waals surface area contributed by atoms with Crippen LogP contribution < -0.4 is 5.32 Å². The molecule has 21 heavy (non-hydrogen) atoms. The van der Waals surface area contributed by atoms with Gasteiger partial charge in [-0.3, -0.25) is 15.0 Å². The van der Waals surface area contributed by atoms with Gasteiger partial charge in [-0.25, -0.2) is 0 Å². The molecule has 2 rings (SSSR count). The highest BCUT2D eigenvalue weighted by atomic mass is 16.5. The largest absolute Gasteiger partial charge is 0.338 e. The van der Waals surface area contributed by atoms with Gasteiger partial charge in [-0.2, -0.15) is 0 Å². The summed E-state index contributed by atoms with van der Waals surface area (Å²) in [5.74, 6) is 0.418. The van der Waals surface area contributed by atoms with E-state index in [4.69, 9.17) is 4.52 Å². The molecule has 118 valence electrons. The fourth-order valence-corrected chi connectivity index (χ4v) is 2.78. The average molecular weight is 293 g/mol. The Balaban J connectivity index is 1.91. The quantitative estimate of drug-likeness (QED) is 0.926. The molecular formula is C16H27N3O2. The van der Waals surface area contributed by atoms with Crippen molar-refractivity contribution in [2.45, 2.75) is 64.8 Å². The Kier molecular flexibility index (Phi) is 5.04. The van der Waals surface area contributed by atoms with Crippen LogP contribution >= 0.6 is 0 Å². The normalized spacial score (nSPS) is 20.5. The summed E-state index contributed by atoms with van der Waals surface area (Å²) in [7, 11) is 0. The molecule has 1 saturated heterocycles. The molecule has 1 fully saturated rings. The van der Waals surface area contributed by atoms with E-state index < -0.39 is 0 Å². The van der Waals surface area contributed by atoms with Crippen molar-refractivity contribution in [2.75, 3.05) is 18.4 Å². The number of piperidine rings is 1. The van der Waals surface area contributed by atoms with E-state index in [9.17, 15) is 4.79 Å². The highest BCUT2D eigenvalue weighted by Gasteiger charge is 2.24. The fraction of sp³-hybridized carbons (Fsp3) is 0.750. The number of amides is 1. The molecule has 1 N–H and O–H groups in total. The van der Waals surface area contributed by atoms with Crippen molar-refractivity contribution in [3.63, 3.8) is 0 Å². The van der Waals surface area contributed by atoms with Crippen LogP contribution in [0.2, 0.25) is 0 Å². The molecule has 1 amide bonds. The number of rotatable bonds is 4. The number of likely N-dealkylation sites (tertiary alicyclic amines) is 1. The Morgan fingerprint density at radius 1 is 1.48 bits per heavy atom. The lowest BCUT2D eigenvalue weighted by atomic mass is 9.92. The minimum Gasteiger partial charge on any atom is -0.338 e. The van der Waals surface area contributed by atoms with Crippen molar-refractivity contribution in [1.82, 2.24) is 10.1 Å². The maximum Gasteiger partial charge on any atom is 0.240 e. The number of nitrogens with one attached hydrogen (secondary N) is 1. The maximum absolute atomic E-state index is 12.2. The molecule has 0 aliphatic carbocycles. The number of aromatic nitrogens is 1. The highest BCUT2D eigenvalue weighted by molar-refractivity contribution is 5.91. The molecule has 1 aliphatic heterocycles. The van der Waals surface area contributed by atoms with E-state index >= 15 is 0 Å². The Hall–Kier alpha value is -1.36. The first kappa shape index (κ1) is 16.0. The molecule has 1 aromatic rings. The summed E-state index contributed by atoms with van der Waals surface area (Å²) < 4.78 is 5.20. The standard InChI is InChI=1S/C16H27N3O2/c1-5-12-8-6-7-9-19(12)11-14(20)17-15-10-13(18-21-15)16(2,3)4/h10,12H,5-9,11H2,1-4H3,(H,17,20). The Labute approximate surface area is 127 Å². The van der Waals surface area contributed by atoms with E-state index in [2.05, 4.69) is 43.1 Å². The second-order valence-corrected chi connectivity index (χ2v) is 6.90. The Morgan fingerprint density at radius 2 is 2.24 bits per heavy atom. The Morgan fingerprint density at radius 3 is 2.86 bits per heavy atom. The van der Waals surface area contributed by atoms with Crippen LogP contribution in [-0.4, -0.2) is 35.1 Å². The van der Waals surface area contributed by atoms with Crippen LogP contribution in [0.5, 0.6) is 0 Å². The molecule has 0 radical (unpaired) electrons. The van der Waals surface area contributed by atoms with Crippen LogP contribution in [0.25, 0.3) is 0 Å². The summed E-state index contributed by atoms with van der Waals surface area (Å²) in [6, 6.07) is 2.34. The predicted molar refractivity (Wildman–Crippen MR) is 83.3 cm³/mol. The van der Waals surface area contributed by atoms with Gasteiger partial charge in [-0.05, 0) is 25.8 Å². The average Bonchev–Trinajstić information content (AvgIpc) is 2.87. The minimum absolute atomic E-state index is 0.0213. The summed E-state index contributed by atoms with van der Waals surface area (Å²) >= 11 is 0. The van der Waals surface area contributed by atoms with Crippen LogP contribution in [0.1, 0.15) is 59.1 Å². The van der Waals surface area contributed by atoms with E-state index in [1.165, 1.54) is 19.3 Å². The molecular weight excluding hydrogens is 266 g/mol. The van der Waals surface area contributed by atoms with Gasteiger partial charge in [0.25, 0.3) is 0 Å². The van der Waals surface area contributed by atoms with Gasteiger partial charge in [0.2, 0.25) is 11.8 Å². The molecule has 0 aromatic carbocycles. The third kappa shape index (κ3) is 4.30. The molecule has 0 saturated carbocycles. The van der Waals surface area contributed by atoms with Gasteiger partial charge in [0.15, 0.2) is 0 Å². The van der Waals surface area contributed by atoms with Crippen molar-refractivity contribution in [2.24, 2.45) is 0 Å². The second kappa shape index (κ2) is 6.60. The van der Waals surface area contributed by atoms with Gasteiger partial charge in [0.1, 0.15) is 0 Å². The van der Waals surface area contributed by atoms with Gasteiger partial charge in [-0.1, -0.05) is 39.3 Å². The van der Waals surface area contributed by atoms with Crippen molar-refractivity contribution >= 4 is 11.8 Å². The zero-order valence-electron chi connectivity index (χ0n) is 13.6. The Bertz CT molecular complexity index is 476. The van der Waals surface area contributed by atoms with Gasteiger partial charge in [0, 0.05) is 17.5 Å². The maximum atomic E-state index is 12.2. The highest BCUT2D eigenvalue weighted by Crippen LogP contribution is 2.24. The topological polar surface area (TPSA) is 58.4 Å². The monoisotopic (exact) mass is 293 g/mol. The number of anilines is 1. The predicted octanol–water partition coefficient (Wildman–Crippen LogP) is 3.18. The van der Waals surface area contributed by atoms with Crippen LogP contribution in [0.15, 0.2) is 10.6 Å². The molecule has 0 spiro atoms. The van der Waals surface area contributed by atoms with Gasteiger partial charge in [0.05, 0.1) is 12.2 Å². The van der Waals surface area contributed by atoms with Gasteiger partial charge < -0.3 is 4.52 Å². The molecule has 5 nitrogen and oxygen atoms in total. The summed E-state index contributed by atoms with van der Waals surface area (Å²) in [6.45, 7) is 9.83. The van der Waals surface area contributed by atoms with Gasteiger partial charge in [-0.15, -0.1) is 0 Å². The third-order valence-corrected chi connectivity index (χ3v) is 4.11. The summed E-state index contributed by atoms with van der Waals surface area (Å²) in [6.07, 6.45) is 4.75. The lowest BCUT2D eigenvalue weighted by Crippen LogP contribution is -2.43. The lowest BCUT2D eigenvalue weighted by Gasteiger charge is -2.34. The molecule has 1 aliphatic rings. The van der Waals surface area contributed by atoms with Crippen LogP contribution in [-0.2, 0) is 10.2 Å². The van der Waals surface area contributed by atoms with Gasteiger partial charge >= 0.3 is 0 Å². The molecule has 1 atom stereocenters. The number of nitrogens with zero attached hydrogens (tertiary/aromatic N) is 2. The fourth-order valence-electron chi connectivity index (χ4n) is 2.78. The number of hydrogen-bond donors (Lipinski definition) is 1.